The third-order valence-electron chi connectivity index (χ3n) is 4.39. The number of amides is 1. The molecule has 28 heavy (non-hydrogen) atoms. The first-order valence-electron chi connectivity index (χ1n) is 8.32. The molecule has 1 aliphatic rings. The van der Waals surface area contributed by atoms with Gasteiger partial charge in [-0.15, -0.1) is 0 Å². The fourth-order valence-electron chi connectivity index (χ4n) is 2.93. The molecule has 0 unspecified atom stereocenters. The van der Waals surface area contributed by atoms with Crippen LogP contribution in [-0.2, 0) is 4.79 Å². The molecular formula is C18H15ClF5N3O. The van der Waals surface area contributed by atoms with E-state index < -0.39 is 40.7 Å². The highest BCUT2D eigenvalue weighted by Gasteiger charge is 2.27. The molecule has 0 aliphatic carbocycles. The van der Waals surface area contributed by atoms with Gasteiger partial charge in [-0.25, -0.2) is 22.0 Å². The molecule has 0 saturated carbocycles. The monoisotopic (exact) mass is 419 g/mol. The Morgan fingerprint density at radius 2 is 1.50 bits per heavy atom. The zero-order chi connectivity index (χ0) is 20.4. The van der Waals surface area contributed by atoms with Crippen LogP contribution in [0.25, 0.3) is 0 Å². The average molecular weight is 420 g/mol. The number of halogens is 6. The van der Waals surface area contributed by atoms with E-state index in [-0.39, 0.29) is 6.54 Å². The summed E-state index contributed by atoms with van der Waals surface area (Å²) >= 11 is 5.97. The van der Waals surface area contributed by atoms with Crippen LogP contribution in [0.15, 0.2) is 24.3 Å². The van der Waals surface area contributed by atoms with E-state index in [1.54, 1.807) is 16.3 Å². The van der Waals surface area contributed by atoms with Crippen LogP contribution in [0.1, 0.15) is 0 Å². The van der Waals surface area contributed by atoms with Gasteiger partial charge in [0.2, 0.25) is 11.7 Å². The SMILES string of the molecule is O=C(CN1CCN(c2cccc(Cl)c2)CC1)Nc1c(F)c(F)c(F)c(F)c1F. The Labute approximate surface area is 162 Å². The summed E-state index contributed by atoms with van der Waals surface area (Å²) in [5.41, 5.74) is -0.419. The van der Waals surface area contributed by atoms with Gasteiger partial charge in [-0.1, -0.05) is 17.7 Å². The number of rotatable bonds is 4. The van der Waals surface area contributed by atoms with Crippen LogP contribution >= 0.6 is 11.6 Å². The van der Waals surface area contributed by atoms with E-state index in [0.29, 0.717) is 31.2 Å². The van der Waals surface area contributed by atoms with Crippen molar-refractivity contribution in [3.05, 3.63) is 58.4 Å². The van der Waals surface area contributed by atoms with Crippen molar-refractivity contribution in [2.45, 2.75) is 0 Å². The van der Waals surface area contributed by atoms with Crippen LogP contribution in [0.5, 0.6) is 0 Å². The van der Waals surface area contributed by atoms with E-state index in [4.69, 9.17) is 11.6 Å². The fourth-order valence-corrected chi connectivity index (χ4v) is 3.12. The molecule has 0 radical (unpaired) electrons. The van der Waals surface area contributed by atoms with Crippen LogP contribution in [0.3, 0.4) is 0 Å². The predicted molar refractivity (Wildman–Crippen MR) is 95.0 cm³/mol. The molecule has 0 spiro atoms. The van der Waals surface area contributed by atoms with Gasteiger partial charge in [0.15, 0.2) is 23.3 Å². The summed E-state index contributed by atoms with van der Waals surface area (Å²) in [5.74, 6) is -11.5. The maximum Gasteiger partial charge on any atom is 0.238 e. The Hall–Kier alpha value is -2.39. The molecule has 0 aromatic heterocycles. The highest BCUT2D eigenvalue weighted by Crippen LogP contribution is 2.27. The lowest BCUT2D eigenvalue weighted by atomic mass is 10.2. The molecule has 1 heterocycles. The van der Waals surface area contributed by atoms with Crippen molar-refractivity contribution < 1.29 is 26.7 Å². The van der Waals surface area contributed by atoms with Gasteiger partial charge in [-0.3, -0.25) is 9.69 Å². The number of carbonyl (C=O) groups excluding carboxylic acids is 1. The lowest BCUT2D eigenvalue weighted by molar-refractivity contribution is -0.117. The molecule has 1 saturated heterocycles. The predicted octanol–water partition coefficient (Wildman–Crippen LogP) is 3.80. The maximum atomic E-state index is 13.6. The molecule has 1 aliphatic heterocycles. The maximum absolute atomic E-state index is 13.6. The van der Waals surface area contributed by atoms with Crippen LogP contribution in [-0.4, -0.2) is 43.5 Å². The summed E-state index contributed by atoms with van der Waals surface area (Å²) in [5, 5.41) is 2.38. The number of piperazine rings is 1. The highest BCUT2D eigenvalue weighted by molar-refractivity contribution is 6.30. The molecule has 10 heteroatoms. The van der Waals surface area contributed by atoms with Gasteiger partial charge in [0.25, 0.3) is 0 Å². The largest absolute Gasteiger partial charge is 0.369 e. The Morgan fingerprint density at radius 1 is 0.929 bits per heavy atom. The van der Waals surface area contributed by atoms with Crippen molar-refractivity contribution in [3.8, 4) is 0 Å². The second-order valence-corrected chi connectivity index (χ2v) is 6.67. The number of hydrogen-bond acceptors (Lipinski definition) is 3. The highest BCUT2D eigenvalue weighted by atomic mass is 35.5. The van der Waals surface area contributed by atoms with E-state index in [0.717, 1.165) is 5.69 Å². The minimum absolute atomic E-state index is 0.247. The van der Waals surface area contributed by atoms with Crippen molar-refractivity contribution in [2.24, 2.45) is 0 Å². The summed E-state index contributed by atoms with van der Waals surface area (Å²) in [6, 6.07) is 7.29. The van der Waals surface area contributed by atoms with Crippen LogP contribution in [0.4, 0.5) is 33.3 Å². The van der Waals surface area contributed by atoms with Crippen LogP contribution < -0.4 is 10.2 Å². The molecular weight excluding hydrogens is 405 g/mol. The van der Waals surface area contributed by atoms with E-state index >= 15 is 0 Å². The van der Waals surface area contributed by atoms with Gasteiger partial charge < -0.3 is 10.2 Å². The first kappa shape index (κ1) is 20.3. The Morgan fingerprint density at radius 3 is 2.07 bits per heavy atom. The van der Waals surface area contributed by atoms with Gasteiger partial charge in [0.05, 0.1) is 6.54 Å². The number of anilines is 2. The van der Waals surface area contributed by atoms with Crippen molar-refractivity contribution in [3.63, 3.8) is 0 Å². The van der Waals surface area contributed by atoms with E-state index in [9.17, 15) is 26.7 Å². The second-order valence-electron chi connectivity index (χ2n) is 6.24. The Balaban J connectivity index is 1.60. The second kappa shape index (κ2) is 8.32. The molecule has 0 atom stereocenters. The normalized spacial score (nSPS) is 15.0. The van der Waals surface area contributed by atoms with Gasteiger partial charge in [0.1, 0.15) is 5.69 Å². The zero-order valence-corrected chi connectivity index (χ0v) is 15.2. The lowest BCUT2D eigenvalue weighted by Crippen LogP contribution is -2.48. The number of nitrogens with one attached hydrogen (secondary N) is 1. The number of carbonyl (C=O) groups is 1. The minimum atomic E-state index is -2.27. The standard InChI is InChI=1S/C18H15ClF5N3O/c19-10-2-1-3-11(8-10)27-6-4-26(5-7-27)9-12(28)25-18-16(23)14(21)13(20)15(22)17(18)24/h1-3,8H,4-7,9H2,(H,25,28). The van der Waals surface area contributed by atoms with Gasteiger partial charge in [-0.05, 0) is 18.2 Å². The smallest absolute Gasteiger partial charge is 0.238 e. The molecule has 0 bridgehead atoms. The molecule has 150 valence electrons. The average Bonchev–Trinajstić information content (AvgIpc) is 2.69. The summed E-state index contributed by atoms with van der Waals surface area (Å²) in [7, 11) is 0. The van der Waals surface area contributed by atoms with Gasteiger partial charge in [0, 0.05) is 36.9 Å². The van der Waals surface area contributed by atoms with Gasteiger partial charge in [-0.2, -0.15) is 0 Å². The Bertz CT molecular complexity index is 874. The topological polar surface area (TPSA) is 35.6 Å². The summed E-state index contributed by atoms with van der Waals surface area (Å²) < 4.78 is 66.8. The molecule has 1 amide bonds. The lowest BCUT2D eigenvalue weighted by Gasteiger charge is -2.35. The first-order chi connectivity index (χ1) is 13.3. The molecule has 2 aromatic carbocycles. The van der Waals surface area contributed by atoms with E-state index in [2.05, 4.69) is 4.90 Å². The summed E-state index contributed by atoms with van der Waals surface area (Å²) in [4.78, 5) is 15.8. The summed E-state index contributed by atoms with van der Waals surface area (Å²) in [6.07, 6.45) is 0. The third-order valence-corrected chi connectivity index (χ3v) is 4.62. The molecule has 1 fully saturated rings. The molecule has 4 nitrogen and oxygen atoms in total. The van der Waals surface area contributed by atoms with E-state index in [1.807, 2.05) is 18.2 Å². The van der Waals surface area contributed by atoms with E-state index in [1.165, 1.54) is 0 Å². The van der Waals surface area contributed by atoms with Crippen molar-refractivity contribution in [2.75, 3.05) is 42.9 Å². The minimum Gasteiger partial charge on any atom is -0.369 e. The zero-order valence-electron chi connectivity index (χ0n) is 14.4. The van der Waals surface area contributed by atoms with Crippen molar-refractivity contribution >= 4 is 28.9 Å². The summed E-state index contributed by atoms with van der Waals surface area (Å²) in [6.45, 7) is 1.85. The molecule has 1 N–H and O–H groups in total. The Kier molecular flexibility index (Phi) is 6.04. The van der Waals surface area contributed by atoms with Crippen molar-refractivity contribution in [1.29, 1.82) is 0 Å². The fraction of sp³-hybridized carbons (Fsp3) is 0.278. The molecule has 3 rings (SSSR count). The van der Waals surface area contributed by atoms with Crippen molar-refractivity contribution in [1.82, 2.24) is 4.90 Å². The third kappa shape index (κ3) is 4.20. The molecule has 2 aromatic rings. The number of nitrogens with zero attached hydrogens (tertiary/aromatic N) is 2. The van der Waals surface area contributed by atoms with Crippen LogP contribution in [0.2, 0.25) is 5.02 Å². The quantitative estimate of drug-likeness (QED) is 0.465. The first-order valence-corrected chi connectivity index (χ1v) is 8.70. The number of hydrogen-bond donors (Lipinski definition) is 1. The number of benzene rings is 2. The van der Waals surface area contributed by atoms with Crippen LogP contribution in [0, 0.1) is 29.1 Å². The van der Waals surface area contributed by atoms with Gasteiger partial charge >= 0.3 is 0 Å².